The number of nitrogens with two attached hydrogens (primary N) is 1. The smallest absolute Gasteiger partial charge is 0.270 e. The first-order chi connectivity index (χ1) is 8.95. The van der Waals surface area contributed by atoms with Crippen LogP contribution >= 0.6 is 0 Å². The van der Waals surface area contributed by atoms with E-state index in [0.29, 0.717) is 0 Å². The van der Waals surface area contributed by atoms with Crippen molar-refractivity contribution in [3.8, 4) is 17.2 Å². The van der Waals surface area contributed by atoms with Crippen molar-refractivity contribution in [2.24, 2.45) is 7.05 Å². The molecule has 0 bridgehead atoms. The molecule has 0 amide bonds. The van der Waals surface area contributed by atoms with E-state index >= 15 is 0 Å². The minimum absolute atomic E-state index is 0.0138. The van der Waals surface area contributed by atoms with Crippen LogP contribution < -0.4 is 11.3 Å². The normalized spacial score (nSPS) is 10.2. The highest BCUT2D eigenvalue weighted by atomic mass is 19.1. The Bertz CT molecular complexity index is 760. The van der Waals surface area contributed by atoms with Gasteiger partial charge < -0.3 is 5.73 Å². The molecule has 1 aromatic carbocycles. The first kappa shape index (κ1) is 12.8. The molecule has 1 aromatic heterocycles. The Kier molecular flexibility index (Phi) is 3.05. The van der Waals surface area contributed by atoms with Crippen LogP contribution in [0.4, 0.5) is 14.6 Å². The average Bonchev–Trinajstić information content (AvgIpc) is 2.38. The van der Waals surface area contributed by atoms with E-state index < -0.39 is 17.2 Å². The first-order valence-corrected chi connectivity index (χ1v) is 5.30. The number of pyridine rings is 1. The van der Waals surface area contributed by atoms with Crippen molar-refractivity contribution in [2.75, 3.05) is 5.73 Å². The Labute approximate surface area is 107 Å². The molecule has 19 heavy (non-hydrogen) atoms. The zero-order chi connectivity index (χ0) is 14.2. The molecule has 0 saturated heterocycles. The summed E-state index contributed by atoms with van der Waals surface area (Å²) in [5, 5.41) is 9.02. The molecule has 0 saturated carbocycles. The number of nitriles is 1. The average molecular weight is 261 g/mol. The van der Waals surface area contributed by atoms with E-state index in [1.165, 1.54) is 13.1 Å². The molecule has 0 atom stereocenters. The highest BCUT2D eigenvalue weighted by molar-refractivity contribution is 5.72. The molecule has 0 spiro atoms. The van der Waals surface area contributed by atoms with E-state index in [1.54, 1.807) is 6.07 Å². The molecule has 96 valence electrons. The van der Waals surface area contributed by atoms with Crippen molar-refractivity contribution in [1.82, 2.24) is 4.57 Å². The summed E-state index contributed by atoms with van der Waals surface area (Å²) in [5.41, 5.74) is 4.50. The summed E-state index contributed by atoms with van der Waals surface area (Å²) in [6, 6.07) is 5.78. The number of halogens is 2. The molecule has 0 aliphatic rings. The second-order valence-corrected chi connectivity index (χ2v) is 3.96. The minimum atomic E-state index is -0.731. The fourth-order valence-corrected chi connectivity index (χ4v) is 1.74. The van der Waals surface area contributed by atoms with Gasteiger partial charge in [0.2, 0.25) is 0 Å². The van der Waals surface area contributed by atoms with Gasteiger partial charge in [-0.25, -0.2) is 8.78 Å². The van der Waals surface area contributed by atoms with E-state index in [0.717, 1.165) is 22.8 Å². The lowest BCUT2D eigenvalue weighted by atomic mass is 10.0. The monoisotopic (exact) mass is 261 g/mol. The van der Waals surface area contributed by atoms with Crippen molar-refractivity contribution in [1.29, 1.82) is 5.26 Å². The predicted octanol–water partition coefficient (Wildman–Crippen LogP) is 1.78. The Morgan fingerprint density at radius 1 is 1.26 bits per heavy atom. The molecule has 0 fully saturated rings. The summed E-state index contributed by atoms with van der Waals surface area (Å²) in [7, 11) is 1.39. The number of nitrogen functional groups attached to an aromatic ring is 1. The number of nitrogens with zero attached hydrogens (tertiary/aromatic N) is 2. The number of hydrogen-bond acceptors (Lipinski definition) is 3. The standard InChI is InChI=1S/C13H9F2N3O/c1-18-12(17)5-8(10(6-16)13(18)19)9-4-7(14)2-3-11(9)15/h2-5H,17H2,1H3. The largest absolute Gasteiger partial charge is 0.385 e. The van der Waals surface area contributed by atoms with Gasteiger partial charge in [-0.15, -0.1) is 0 Å². The van der Waals surface area contributed by atoms with Crippen molar-refractivity contribution < 1.29 is 8.78 Å². The summed E-state index contributed by atoms with van der Waals surface area (Å²) in [5.74, 6) is -1.34. The Morgan fingerprint density at radius 3 is 2.58 bits per heavy atom. The number of rotatable bonds is 1. The SMILES string of the molecule is Cn1c(N)cc(-c2cc(F)ccc2F)c(C#N)c1=O. The molecule has 1 heterocycles. The van der Waals surface area contributed by atoms with Gasteiger partial charge in [-0.2, -0.15) is 5.26 Å². The summed E-state index contributed by atoms with van der Waals surface area (Å²) in [4.78, 5) is 11.9. The fraction of sp³-hybridized carbons (Fsp3) is 0.0769. The van der Waals surface area contributed by atoms with Gasteiger partial charge in [-0.3, -0.25) is 9.36 Å². The Balaban J connectivity index is 2.87. The van der Waals surface area contributed by atoms with Gasteiger partial charge in [0, 0.05) is 18.2 Å². The highest BCUT2D eigenvalue weighted by Crippen LogP contribution is 2.26. The lowest BCUT2D eigenvalue weighted by Crippen LogP contribution is -2.23. The number of anilines is 1. The van der Waals surface area contributed by atoms with E-state index in [4.69, 9.17) is 11.0 Å². The number of hydrogen-bond donors (Lipinski definition) is 1. The third-order valence-corrected chi connectivity index (χ3v) is 2.80. The van der Waals surface area contributed by atoms with Crippen LogP contribution in [0.5, 0.6) is 0 Å². The van der Waals surface area contributed by atoms with Gasteiger partial charge in [-0.1, -0.05) is 0 Å². The number of aromatic nitrogens is 1. The highest BCUT2D eigenvalue weighted by Gasteiger charge is 2.16. The molecule has 0 radical (unpaired) electrons. The molecule has 4 nitrogen and oxygen atoms in total. The maximum Gasteiger partial charge on any atom is 0.270 e. The first-order valence-electron chi connectivity index (χ1n) is 5.30. The fourth-order valence-electron chi connectivity index (χ4n) is 1.74. The van der Waals surface area contributed by atoms with Gasteiger partial charge in [0.15, 0.2) is 0 Å². The maximum absolute atomic E-state index is 13.7. The lowest BCUT2D eigenvalue weighted by molar-refractivity contribution is 0.603. The van der Waals surface area contributed by atoms with E-state index in [-0.39, 0.29) is 22.5 Å². The van der Waals surface area contributed by atoms with E-state index in [2.05, 4.69) is 0 Å². The van der Waals surface area contributed by atoms with Gasteiger partial charge >= 0.3 is 0 Å². The molecular formula is C13H9F2N3O. The summed E-state index contributed by atoms with van der Waals surface area (Å²) in [6.45, 7) is 0. The third kappa shape index (κ3) is 2.06. The predicted molar refractivity (Wildman–Crippen MR) is 66.2 cm³/mol. The molecule has 6 heteroatoms. The van der Waals surface area contributed by atoms with Crippen LogP contribution in [0.25, 0.3) is 11.1 Å². The minimum Gasteiger partial charge on any atom is -0.385 e. The van der Waals surface area contributed by atoms with E-state index in [1.807, 2.05) is 0 Å². The van der Waals surface area contributed by atoms with Gasteiger partial charge in [0.1, 0.15) is 29.1 Å². The quantitative estimate of drug-likeness (QED) is 0.850. The topological polar surface area (TPSA) is 71.8 Å². The molecule has 0 aliphatic carbocycles. The summed E-state index contributed by atoms with van der Waals surface area (Å²) in [6.07, 6.45) is 0. The third-order valence-electron chi connectivity index (χ3n) is 2.80. The summed E-state index contributed by atoms with van der Waals surface area (Å²) >= 11 is 0. The molecule has 2 aromatic rings. The van der Waals surface area contributed by atoms with Crippen LogP contribution in [0.15, 0.2) is 29.1 Å². The van der Waals surface area contributed by atoms with Gasteiger partial charge in [0.25, 0.3) is 5.56 Å². The van der Waals surface area contributed by atoms with Crippen LogP contribution in [-0.2, 0) is 7.05 Å². The Hall–Kier alpha value is -2.68. The van der Waals surface area contributed by atoms with Gasteiger partial charge in [-0.05, 0) is 24.3 Å². The van der Waals surface area contributed by atoms with E-state index in [9.17, 15) is 13.6 Å². The molecule has 0 unspecified atom stereocenters. The van der Waals surface area contributed by atoms with Gasteiger partial charge in [0.05, 0.1) is 0 Å². The van der Waals surface area contributed by atoms with Crippen molar-refractivity contribution in [3.05, 3.63) is 51.8 Å². The number of benzene rings is 1. The van der Waals surface area contributed by atoms with Crippen LogP contribution in [0.3, 0.4) is 0 Å². The van der Waals surface area contributed by atoms with Crippen molar-refractivity contribution in [3.63, 3.8) is 0 Å². The molecule has 0 aliphatic heterocycles. The summed E-state index contributed by atoms with van der Waals surface area (Å²) < 4.78 is 28.0. The molecule has 2 N–H and O–H groups in total. The van der Waals surface area contributed by atoms with Crippen LogP contribution in [0.1, 0.15) is 5.56 Å². The van der Waals surface area contributed by atoms with Crippen molar-refractivity contribution in [2.45, 2.75) is 0 Å². The second kappa shape index (κ2) is 4.53. The zero-order valence-corrected chi connectivity index (χ0v) is 9.95. The lowest BCUT2D eigenvalue weighted by Gasteiger charge is -2.10. The van der Waals surface area contributed by atoms with Crippen molar-refractivity contribution >= 4 is 5.82 Å². The molecular weight excluding hydrogens is 252 g/mol. The Morgan fingerprint density at radius 2 is 1.95 bits per heavy atom. The zero-order valence-electron chi connectivity index (χ0n) is 9.95. The van der Waals surface area contributed by atoms with Crippen LogP contribution in [-0.4, -0.2) is 4.57 Å². The van der Waals surface area contributed by atoms with Crippen LogP contribution in [0.2, 0.25) is 0 Å². The molecule has 2 rings (SSSR count). The maximum atomic E-state index is 13.7. The second-order valence-electron chi connectivity index (χ2n) is 3.96. The van der Waals surface area contributed by atoms with Crippen LogP contribution in [0, 0.1) is 23.0 Å².